The van der Waals surface area contributed by atoms with Gasteiger partial charge in [0.05, 0.1) is 25.1 Å². The Morgan fingerprint density at radius 2 is 2.13 bits per heavy atom. The first-order valence-corrected chi connectivity index (χ1v) is 7.49. The molecule has 7 heteroatoms. The Morgan fingerprint density at radius 1 is 1.35 bits per heavy atom. The average molecular weight is 314 g/mol. The number of amides is 1. The Kier molecular flexibility index (Phi) is 4.36. The van der Waals surface area contributed by atoms with Crippen molar-refractivity contribution in [3.63, 3.8) is 0 Å². The fourth-order valence-corrected chi connectivity index (χ4v) is 2.66. The maximum absolute atomic E-state index is 12.3. The van der Waals surface area contributed by atoms with Crippen molar-refractivity contribution in [2.75, 3.05) is 7.11 Å². The Labute approximate surface area is 133 Å². The number of ether oxygens (including phenoxy) is 1. The van der Waals surface area contributed by atoms with Gasteiger partial charge in [0.1, 0.15) is 12.2 Å². The number of fused-ring (bicyclic) bond motifs is 1. The zero-order valence-corrected chi connectivity index (χ0v) is 12.9. The van der Waals surface area contributed by atoms with E-state index in [1.165, 1.54) is 13.4 Å². The van der Waals surface area contributed by atoms with Crippen LogP contribution in [0, 0.1) is 5.92 Å². The molecular formula is C16H18N4O3. The zero-order chi connectivity index (χ0) is 16.2. The normalized spacial score (nSPS) is 16.5. The molecule has 7 nitrogen and oxygen atoms in total. The van der Waals surface area contributed by atoms with Gasteiger partial charge < -0.3 is 10.1 Å². The molecule has 1 amide bonds. The number of nitrogens with zero attached hydrogens (tertiary/aromatic N) is 3. The van der Waals surface area contributed by atoms with Crippen LogP contribution in [0.5, 0.6) is 0 Å². The molecule has 0 bridgehead atoms. The van der Waals surface area contributed by atoms with Gasteiger partial charge in [-0.2, -0.15) is 5.10 Å². The molecule has 1 unspecified atom stereocenters. The third kappa shape index (κ3) is 3.39. The van der Waals surface area contributed by atoms with Crippen LogP contribution in [-0.2, 0) is 29.0 Å². The third-order valence-electron chi connectivity index (χ3n) is 4.02. The van der Waals surface area contributed by atoms with Crippen molar-refractivity contribution >= 4 is 11.9 Å². The van der Waals surface area contributed by atoms with Gasteiger partial charge in [-0.05, 0) is 24.1 Å². The SMILES string of the molecule is COC(=O)c1ccc(CNC(=O)C2CCc3ncnn3C2)cc1. The number of esters is 1. The molecule has 0 aliphatic carbocycles. The molecule has 23 heavy (non-hydrogen) atoms. The minimum Gasteiger partial charge on any atom is -0.465 e. The van der Waals surface area contributed by atoms with Crippen molar-refractivity contribution < 1.29 is 14.3 Å². The summed E-state index contributed by atoms with van der Waals surface area (Å²) in [4.78, 5) is 27.8. The van der Waals surface area contributed by atoms with Gasteiger partial charge in [-0.1, -0.05) is 12.1 Å². The van der Waals surface area contributed by atoms with Crippen molar-refractivity contribution in [2.24, 2.45) is 5.92 Å². The predicted molar refractivity (Wildman–Crippen MR) is 81.5 cm³/mol. The van der Waals surface area contributed by atoms with Crippen LogP contribution >= 0.6 is 0 Å². The van der Waals surface area contributed by atoms with Crippen molar-refractivity contribution in [1.82, 2.24) is 20.1 Å². The lowest BCUT2D eigenvalue weighted by molar-refractivity contribution is -0.126. The fourth-order valence-electron chi connectivity index (χ4n) is 2.66. The van der Waals surface area contributed by atoms with E-state index in [2.05, 4.69) is 20.1 Å². The molecule has 120 valence electrons. The van der Waals surface area contributed by atoms with Crippen molar-refractivity contribution in [2.45, 2.75) is 25.9 Å². The molecule has 3 rings (SSSR count). The van der Waals surface area contributed by atoms with Crippen LogP contribution in [0.3, 0.4) is 0 Å². The highest BCUT2D eigenvalue weighted by atomic mass is 16.5. The van der Waals surface area contributed by atoms with Gasteiger partial charge in [0, 0.05) is 13.0 Å². The first-order chi connectivity index (χ1) is 11.2. The van der Waals surface area contributed by atoms with Gasteiger partial charge in [0.15, 0.2) is 0 Å². The quantitative estimate of drug-likeness (QED) is 0.849. The number of rotatable bonds is 4. The first-order valence-electron chi connectivity index (χ1n) is 7.49. The topological polar surface area (TPSA) is 86.1 Å². The van der Waals surface area contributed by atoms with E-state index in [4.69, 9.17) is 0 Å². The molecule has 0 saturated heterocycles. The number of methoxy groups -OCH3 is 1. The Morgan fingerprint density at radius 3 is 2.87 bits per heavy atom. The highest BCUT2D eigenvalue weighted by Crippen LogP contribution is 2.17. The standard InChI is InChI=1S/C16H18N4O3/c1-23-16(22)12-4-2-11(3-5-12)8-17-15(21)13-6-7-14-18-10-19-20(14)9-13/h2-5,10,13H,6-9H2,1H3,(H,17,21). The average Bonchev–Trinajstić information content (AvgIpc) is 3.07. The van der Waals surface area contributed by atoms with Gasteiger partial charge in [-0.3, -0.25) is 4.79 Å². The van der Waals surface area contributed by atoms with E-state index >= 15 is 0 Å². The lowest BCUT2D eigenvalue weighted by Gasteiger charge is -2.21. The van der Waals surface area contributed by atoms with E-state index in [1.807, 2.05) is 12.1 Å². The molecule has 0 spiro atoms. The van der Waals surface area contributed by atoms with Crippen molar-refractivity contribution in [3.05, 3.63) is 47.5 Å². The van der Waals surface area contributed by atoms with E-state index in [1.54, 1.807) is 16.8 Å². The summed E-state index contributed by atoms with van der Waals surface area (Å²) in [5.74, 6) is 0.501. The van der Waals surface area contributed by atoms with Crippen LogP contribution in [0.1, 0.15) is 28.2 Å². The van der Waals surface area contributed by atoms with Gasteiger partial charge in [-0.15, -0.1) is 0 Å². The lowest BCUT2D eigenvalue weighted by atomic mass is 9.99. The maximum Gasteiger partial charge on any atom is 0.337 e. The molecule has 1 aromatic heterocycles. The monoisotopic (exact) mass is 314 g/mol. The summed E-state index contributed by atoms with van der Waals surface area (Å²) in [6.45, 7) is 1.00. The first kappa shape index (κ1) is 15.2. The van der Waals surface area contributed by atoms with Crippen LogP contribution in [0.15, 0.2) is 30.6 Å². The number of benzene rings is 1. The van der Waals surface area contributed by atoms with Gasteiger partial charge in [-0.25, -0.2) is 14.5 Å². The minimum absolute atomic E-state index is 0.0168. The summed E-state index contributed by atoms with van der Waals surface area (Å²) in [7, 11) is 1.35. The van der Waals surface area contributed by atoms with Crippen LogP contribution in [0.4, 0.5) is 0 Å². The van der Waals surface area contributed by atoms with Gasteiger partial charge >= 0.3 is 5.97 Å². The van der Waals surface area contributed by atoms with E-state index in [9.17, 15) is 9.59 Å². The summed E-state index contributed by atoms with van der Waals surface area (Å²) >= 11 is 0. The number of hydrogen-bond donors (Lipinski definition) is 1. The second-order valence-corrected chi connectivity index (χ2v) is 5.50. The smallest absolute Gasteiger partial charge is 0.337 e. The van der Waals surface area contributed by atoms with E-state index < -0.39 is 0 Å². The second kappa shape index (κ2) is 6.60. The number of carbonyl (C=O) groups is 2. The number of carbonyl (C=O) groups excluding carboxylic acids is 2. The van der Waals surface area contributed by atoms with Crippen LogP contribution in [0.2, 0.25) is 0 Å². The largest absolute Gasteiger partial charge is 0.465 e. The lowest BCUT2D eigenvalue weighted by Crippen LogP contribution is -2.36. The number of hydrogen-bond acceptors (Lipinski definition) is 5. The molecular weight excluding hydrogens is 296 g/mol. The maximum atomic E-state index is 12.3. The minimum atomic E-state index is -0.369. The molecule has 1 atom stereocenters. The van der Waals surface area contributed by atoms with Gasteiger partial charge in [0.2, 0.25) is 5.91 Å². The summed E-state index contributed by atoms with van der Waals surface area (Å²) in [6, 6.07) is 7.00. The van der Waals surface area contributed by atoms with Crippen molar-refractivity contribution in [3.8, 4) is 0 Å². The third-order valence-corrected chi connectivity index (χ3v) is 4.02. The van der Waals surface area contributed by atoms with Crippen LogP contribution < -0.4 is 5.32 Å². The summed E-state index contributed by atoms with van der Waals surface area (Å²) in [5.41, 5.74) is 1.43. The number of aryl methyl sites for hydroxylation is 1. The summed E-state index contributed by atoms with van der Waals surface area (Å²) < 4.78 is 6.44. The van der Waals surface area contributed by atoms with E-state index in [-0.39, 0.29) is 17.8 Å². The highest BCUT2D eigenvalue weighted by Gasteiger charge is 2.25. The molecule has 0 saturated carbocycles. The Balaban J connectivity index is 1.54. The number of nitrogens with one attached hydrogen (secondary N) is 1. The number of aromatic nitrogens is 3. The molecule has 2 heterocycles. The molecule has 0 fully saturated rings. The van der Waals surface area contributed by atoms with Crippen LogP contribution in [-0.4, -0.2) is 33.8 Å². The molecule has 1 N–H and O–H groups in total. The van der Waals surface area contributed by atoms with Crippen molar-refractivity contribution in [1.29, 1.82) is 0 Å². The Bertz CT molecular complexity index is 708. The molecule has 2 aromatic rings. The molecule has 0 radical (unpaired) electrons. The van der Waals surface area contributed by atoms with Crippen LogP contribution in [0.25, 0.3) is 0 Å². The predicted octanol–water partition coefficient (Wildman–Crippen LogP) is 0.943. The second-order valence-electron chi connectivity index (χ2n) is 5.50. The fraction of sp³-hybridized carbons (Fsp3) is 0.375. The Hall–Kier alpha value is -2.70. The molecule has 1 aromatic carbocycles. The highest BCUT2D eigenvalue weighted by molar-refractivity contribution is 5.89. The summed E-state index contributed by atoms with van der Waals surface area (Å²) in [6.07, 6.45) is 3.08. The van der Waals surface area contributed by atoms with E-state index in [0.29, 0.717) is 18.7 Å². The van der Waals surface area contributed by atoms with E-state index in [0.717, 1.165) is 24.2 Å². The molecule has 1 aliphatic heterocycles. The summed E-state index contributed by atoms with van der Waals surface area (Å²) in [5, 5.41) is 7.06. The van der Waals surface area contributed by atoms with Gasteiger partial charge in [0.25, 0.3) is 0 Å². The molecule has 1 aliphatic rings. The zero-order valence-electron chi connectivity index (χ0n) is 12.9.